The van der Waals surface area contributed by atoms with Gasteiger partial charge in [0.25, 0.3) is 0 Å². The molecule has 1 atom stereocenters. The van der Waals surface area contributed by atoms with E-state index < -0.39 is 13.7 Å². The molecular weight excluding hydrogens is 563 g/mol. The molecule has 1 unspecified atom stereocenters. The first kappa shape index (κ1) is 35.5. The molecule has 0 fully saturated rings. The van der Waals surface area contributed by atoms with Gasteiger partial charge in [-0.3, -0.25) is 4.57 Å². The first-order valence-corrected chi connectivity index (χ1v) is 14.2. The Balaban J connectivity index is 0.000000963. The van der Waals surface area contributed by atoms with Gasteiger partial charge in [-0.1, -0.05) is 44.7 Å². The fourth-order valence-electron chi connectivity index (χ4n) is 3.21. The Morgan fingerprint density at radius 3 is 1.81 bits per heavy atom. The second kappa shape index (κ2) is 22.4. The van der Waals surface area contributed by atoms with Crippen LogP contribution in [0.25, 0.3) is 0 Å². The number of benzene rings is 1. The van der Waals surface area contributed by atoms with Crippen LogP contribution in [0.15, 0.2) is 90.5 Å². The van der Waals surface area contributed by atoms with E-state index in [0.29, 0.717) is 26.1 Å². The van der Waals surface area contributed by atoms with Gasteiger partial charge in [-0.05, 0) is 38.0 Å². The Hall–Kier alpha value is -1.55. The van der Waals surface area contributed by atoms with Crippen molar-refractivity contribution in [3.05, 3.63) is 102 Å². The van der Waals surface area contributed by atoms with E-state index in [1.54, 1.807) is 21.0 Å². The van der Waals surface area contributed by atoms with E-state index >= 15 is 0 Å². The molecule has 3 aromatic carbocycles. The van der Waals surface area contributed by atoms with Gasteiger partial charge in [0.05, 0.1) is 26.4 Å². The minimum Gasteiger partial charge on any atom is -0.497 e. The van der Waals surface area contributed by atoms with Crippen molar-refractivity contribution in [2.24, 2.45) is 0 Å². The number of hydrogen-bond acceptors (Lipinski definition) is 5. The van der Waals surface area contributed by atoms with Crippen LogP contribution in [0.3, 0.4) is 0 Å². The van der Waals surface area contributed by atoms with Gasteiger partial charge in [-0.2, -0.15) is 36.4 Å². The third-order valence-electron chi connectivity index (χ3n) is 5.06. The third-order valence-corrected chi connectivity index (χ3v) is 6.84. The van der Waals surface area contributed by atoms with Crippen LogP contribution in [0.2, 0.25) is 0 Å². The molecule has 5 nitrogen and oxygen atoms in total. The second-order valence-electron chi connectivity index (χ2n) is 7.90. The van der Waals surface area contributed by atoms with Crippen LogP contribution in [-0.2, 0) is 39.8 Å². The van der Waals surface area contributed by atoms with Crippen molar-refractivity contribution in [1.29, 1.82) is 0 Å². The van der Waals surface area contributed by atoms with Crippen molar-refractivity contribution < 1.29 is 49.7 Å². The van der Waals surface area contributed by atoms with Crippen LogP contribution in [0, 0.1) is 5.82 Å². The van der Waals surface area contributed by atoms with E-state index in [1.165, 1.54) is 0 Å². The predicted molar refractivity (Wildman–Crippen MR) is 148 cm³/mol. The monoisotopic (exact) mass is 603 g/mol. The number of aliphatic hydroxyl groups excluding tert-OH is 1. The predicted octanol–water partition coefficient (Wildman–Crippen LogP) is 8.46. The summed E-state index contributed by atoms with van der Waals surface area (Å²) < 4.78 is 28.5. The summed E-state index contributed by atoms with van der Waals surface area (Å²) >= 11 is 0. The zero-order chi connectivity index (χ0) is 26.5. The summed E-state index contributed by atoms with van der Waals surface area (Å²) in [6.45, 7) is 6.28. The van der Waals surface area contributed by atoms with Gasteiger partial charge in [0.1, 0.15) is 5.75 Å². The summed E-state index contributed by atoms with van der Waals surface area (Å²) in [5.74, 6) is 3.75. The van der Waals surface area contributed by atoms with Crippen molar-refractivity contribution in [2.75, 3.05) is 20.3 Å². The molecule has 0 bridgehead atoms. The number of unbranched alkanes of at least 4 members (excludes halogenated alkanes) is 1. The molecule has 1 N–H and O–H groups in total. The summed E-state index contributed by atoms with van der Waals surface area (Å²) in [4.78, 5) is 0. The molecule has 37 heavy (non-hydrogen) atoms. The standard InChI is InChI=1S/C20H32O5P.2C5H5.Zr/c1-5-8-9-17(16-26(22,24-6-2)25-7-3)10-15-20(21)18-11-13-19(23-4)14-12-18;2*1-2-4-5-3-1;/h11-14,20-21H,5-10,15H2,1-4H3;2*1-5H;/q3*-1;+3. The molecule has 0 amide bonds. The normalized spacial score (nSPS) is 11.8. The molecule has 0 spiro atoms. The number of hydrogen-bond donors (Lipinski definition) is 1. The summed E-state index contributed by atoms with van der Waals surface area (Å²) in [5.41, 5.74) is 1.73. The summed E-state index contributed by atoms with van der Waals surface area (Å²) in [6.07, 6.45) is 3.29. The van der Waals surface area contributed by atoms with Crippen LogP contribution in [0.1, 0.15) is 64.5 Å². The first-order valence-electron chi connectivity index (χ1n) is 12.6. The SMILES string of the molecule is CCCCC(=[C-]P(=O)(OCC)OCC)CCC(O)c1ccc(OC)cc1.[Zr+3].c1cc[cH-]c1.c1cc[cH-]c1. The first-order chi connectivity index (χ1) is 17.5. The molecule has 0 aliphatic carbocycles. The van der Waals surface area contributed by atoms with Crippen molar-refractivity contribution in [1.82, 2.24) is 0 Å². The molecule has 7 heteroatoms. The summed E-state index contributed by atoms with van der Waals surface area (Å²) in [7, 11) is -1.73. The smallest absolute Gasteiger partial charge is 0.497 e. The second-order valence-corrected chi connectivity index (χ2v) is 9.64. The van der Waals surface area contributed by atoms with Gasteiger partial charge in [-0.15, -0.1) is 0 Å². The zero-order valence-electron chi connectivity index (χ0n) is 22.6. The molecule has 0 saturated carbocycles. The molecule has 0 aliphatic rings. The molecule has 3 rings (SSSR count). The molecular formula is C30H42O5PZr. The van der Waals surface area contributed by atoms with Crippen molar-refractivity contribution in [2.45, 2.75) is 59.0 Å². The van der Waals surface area contributed by atoms with Crippen LogP contribution >= 0.6 is 7.60 Å². The van der Waals surface area contributed by atoms with Gasteiger partial charge >= 0.3 is 26.2 Å². The van der Waals surface area contributed by atoms with E-state index in [9.17, 15) is 9.67 Å². The van der Waals surface area contributed by atoms with Crippen LogP contribution in [-0.4, -0.2) is 25.4 Å². The minimum atomic E-state index is -3.34. The molecule has 0 heterocycles. The maximum absolute atomic E-state index is 12.7. The summed E-state index contributed by atoms with van der Waals surface area (Å²) in [6, 6.07) is 27.4. The fraction of sp³-hybridized carbons (Fsp3) is 0.400. The van der Waals surface area contributed by atoms with E-state index in [1.807, 2.05) is 84.9 Å². The van der Waals surface area contributed by atoms with Gasteiger partial charge in [0, 0.05) is 0 Å². The zero-order valence-corrected chi connectivity index (χ0v) is 26.0. The Labute approximate surface area is 243 Å². The molecule has 0 aliphatic heterocycles. The van der Waals surface area contributed by atoms with Crippen LogP contribution in [0.5, 0.6) is 5.75 Å². The van der Waals surface area contributed by atoms with Crippen molar-refractivity contribution in [3.63, 3.8) is 0 Å². The summed E-state index contributed by atoms with van der Waals surface area (Å²) in [5, 5.41) is 10.4. The number of rotatable bonds is 13. The number of methoxy groups -OCH3 is 1. The largest absolute Gasteiger partial charge is 3.00 e. The van der Waals surface area contributed by atoms with Crippen molar-refractivity contribution in [3.8, 4) is 5.75 Å². The molecule has 0 saturated heterocycles. The topological polar surface area (TPSA) is 65.0 Å². The Morgan fingerprint density at radius 1 is 0.919 bits per heavy atom. The fourth-order valence-corrected chi connectivity index (χ4v) is 4.70. The van der Waals surface area contributed by atoms with Gasteiger partial charge in [0.15, 0.2) is 7.60 Å². The van der Waals surface area contributed by atoms with Crippen LogP contribution in [0.4, 0.5) is 0 Å². The average Bonchev–Trinajstić information content (AvgIpc) is 3.65. The number of aliphatic hydroxyl groups is 1. The third kappa shape index (κ3) is 16.8. The average molecular weight is 605 g/mol. The van der Waals surface area contributed by atoms with Gasteiger partial charge < -0.3 is 24.7 Å². The minimum absolute atomic E-state index is 0. The Bertz CT molecular complexity index is 866. The maximum atomic E-state index is 12.7. The Morgan fingerprint density at radius 2 is 1.43 bits per heavy atom. The van der Waals surface area contributed by atoms with Crippen LogP contribution < -0.4 is 4.74 Å². The van der Waals surface area contributed by atoms with Gasteiger partial charge in [-0.25, -0.2) is 29.8 Å². The number of allylic oxidation sites excluding steroid dienone is 1. The van der Waals surface area contributed by atoms with E-state index in [-0.39, 0.29) is 26.2 Å². The molecule has 3 aromatic rings. The Kier molecular flexibility index (Phi) is 21.5. The quantitative estimate of drug-likeness (QED) is 0.157. The van der Waals surface area contributed by atoms with E-state index in [2.05, 4.69) is 12.7 Å². The van der Waals surface area contributed by atoms with Crippen molar-refractivity contribution >= 4 is 7.60 Å². The molecule has 201 valence electrons. The maximum Gasteiger partial charge on any atom is 3.00 e. The van der Waals surface area contributed by atoms with Gasteiger partial charge in [0.2, 0.25) is 0 Å². The number of ether oxygens (including phenoxy) is 1. The molecule has 0 aromatic heterocycles. The van der Waals surface area contributed by atoms with E-state index in [4.69, 9.17) is 13.8 Å². The molecule has 1 radical (unpaired) electrons. The van der Waals surface area contributed by atoms with E-state index in [0.717, 1.165) is 36.1 Å².